The monoisotopic (exact) mass is 224 g/mol. The molecule has 0 radical (unpaired) electrons. The molecule has 1 heterocycles. The van der Waals surface area contributed by atoms with Crippen LogP contribution in [0, 0.1) is 5.92 Å². The van der Waals surface area contributed by atoms with E-state index >= 15 is 0 Å². The zero-order valence-electron chi connectivity index (χ0n) is 9.62. The molecule has 0 aromatic carbocycles. The van der Waals surface area contributed by atoms with Crippen molar-refractivity contribution in [3.8, 4) is 0 Å². The first-order valence-corrected chi connectivity index (χ1v) is 6.71. The molecule has 3 heteroatoms. The summed E-state index contributed by atoms with van der Waals surface area (Å²) < 4.78 is 0. The van der Waals surface area contributed by atoms with Gasteiger partial charge in [0.15, 0.2) is 0 Å². The number of nitrogens with two attached hydrogens (primary N) is 1. The topological polar surface area (TPSA) is 38.9 Å². The number of fused-ring (bicyclic) bond motifs is 1. The SMILES string of the molecule is CC(C)Cc1nc2c(s1)CCCC2CN. The van der Waals surface area contributed by atoms with E-state index in [4.69, 9.17) is 10.7 Å². The van der Waals surface area contributed by atoms with E-state index in [-0.39, 0.29) is 0 Å². The molecule has 0 saturated heterocycles. The predicted molar refractivity (Wildman–Crippen MR) is 65.4 cm³/mol. The van der Waals surface area contributed by atoms with Gasteiger partial charge in [0.25, 0.3) is 0 Å². The summed E-state index contributed by atoms with van der Waals surface area (Å²) >= 11 is 1.92. The van der Waals surface area contributed by atoms with Crippen molar-refractivity contribution in [3.63, 3.8) is 0 Å². The van der Waals surface area contributed by atoms with Gasteiger partial charge < -0.3 is 5.73 Å². The van der Waals surface area contributed by atoms with Gasteiger partial charge in [-0.15, -0.1) is 11.3 Å². The van der Waals surface area contributed by atoms with Crippen molar-refractivity contribution in [3.05, 3.63) is 15.6 Å². The van der Waals surface area contributed by atoms with Gasteiger partial charge in [0.2, 0.25) is 0 Å². The summed E-state index contributed by atoms with van der Waals surface area (Å²) in [5, 5.41) is 1.32. The maximum atomic E-state index is 5.79. The lowest BCUT2D eigenvalue weighted by Gasteiger charge is -2.18. The smallest absolute Gasteiger partial charge is 0.0933 e. The Morgan fingerprint density at radius 3 is 3.00 bits per heavy atom. The molecule has 1 aliphatic carbocycles. The first kappa shape index (κ1) is 11.1. The highest BCUT2D eigenvalue weighted by molar-refractivity contribution is 7.11. The van der Waals surface area contributed by atoms with Gasteiger partial charge in [0, 0.05) is 23.8 Å². The Morgan fingerprint density at radius 1 is 1.53 bits per heavy atom. The number of hydrogen-bond acceptors (Lipinski definition) is 3. The van der Waals surface area contributed by atoms with Crippen molar-refractivity contribution in [1.29, 1.82) is 0 Å². The van der Waals surface area contributed by atoms with Gasteiger partial charge in [-0.1, -0.05) is 13.8 Å². The molecule has 1 aromatic heterocycles. The molecular weight excluding hydrogens is 204 g/mol. The third kappa shape index (κ3) is 2.40. The van der Waals surface area contributed by atoms with Gasteiger partial charge in [-0.05, 0) is 25.2 Å². The van der Waals surface area contributed by atoms with Crippen molar-refractivity contribution in [2.45, 2.75) is 45.4 Å². The average Bonchev–Trinajstić information content (AvgIpc) is 2.58. The summed E-state index contributed by atoms with van der Waals surface area (Å²) in [4.78, 5) is 6.29. The summed E-state index contributed by atoms with van der Waals surface area (Å²) in [5.74, 6) is 1.24. The molecule has 1 aliphatic rings. The number of aryl methyl sites for hydroxylation is 1. The van der Waals surface area contributed by atoms with Crippen LogP contribution in [0.4, 0.5) is 0 Å². The highest BCUT2D eigenvalue weighted by Gasteiger charge is 2.23. The van der Waals surface area contributed by atoms with Crippen LogP contribution in [-0.4, -0.2) is 11.5 Å². The molecule has 0 saturated carbocycles. The van der Waals surface area contributed by atoms with Crippen molar-refractivity contribution >= 4 is 11.3 Å². The van der Waals surface area contributed by atoms with Gasteiger partial charge in [-0.3, -0.25) is 0 Å². The van der Waals surface area contributed by atoms with E-state index in [2.05, 4.69) is 13.8 Å². The predicted octanol–water partition coefficient (Wildman–Crippen LogP) is 2.72. The Balaban J connectivity index is 2.21. The van der Waals surface area contributed by atoms with E-state index in [1.54, 1.807) is 0 Å². The van der Waals surface area contributed by atoms with Crippen LogP contribution in [-0.2, 0) is 12.8 Å². The average molecular weight is 224 g/mol. The maximum Gasteiger partial charge on any atom is 0.0933 e. The molecule has 1 atom stereocenters. The van der Waals surface area contributed by atoms with E-state index in [9.17, 15) is 0 Å². The van der Waals surface area contributed by atoms with Gasteiger partial charge >= 0.3 is 0 Å². The second-order valence-corrected chi connectivity index (χ2v) is 6.01. The minimum absolute atomic E-state index is 0.533. The fourth-order valence-corrected chi connectivity index (χ4v) is 3.63. The molecule has 0 fully saturated rings. The van der Waals surface area contributed by atoms with Gasteiger partial charge in [-0.25, -0.2) is 4.98 Å². The summed E-state index contributed by atoms with van der Waals surface area (Å²) in [6.45, 7) is 5.26. The lowest BCUT2D eigenvalue weighted by atomic mass is 9.91. The molecule has 84 valence electrons. The second kappa shape index (κ2) is 4.62. The Morgan fingerprint density at radius 2 is 2.33 bits per heavy atom. The number of rotatable bonds is 3. The van der Waals surface area contributed by atoms with Gasteiger partial charge in [0.05, 0.1) is 10.7 Å². The van der Waals surface area contributed by atoms with Crippen LogP contribution in [0.25, 0.3) is 0 Å². The molecule has 0 aliphatic heterocycles. The Hall–Kier alpha value is -0.410. The van der Waals surface area contributed by atoms with E-state index in [1.807, 2.05) is 11.3 Å². The van der Waals surface area contributed by atoms with Gasteiger partial charge in [0.1, 0.15) is 0 Å². The molecule has 0 amide bonds. The van der Waals surface area contributed by atoms with E-state index < -0.39 is 0 Å². The van der Waals surface area contributed by atoms with E-state index in [0.717, 1.165) is 13.0 Å². The minimum Gasteiger partial charge on any atom is -0.330 e. The van der Waals surface area contributed by atoms with Crippen molar-refractivity contribution in [2.75, 3.05) is 6.54 Å². The third-order valence-electron chi connectivity index (χ3n) is 2.98. The number of hydrogen-bond donors (Lipinski definition) is 1. The fourth-order valence-electron chi connectivity index (χ4n) is 2.22. The maximum absolute atomic E-state index is 5.79. The van der Waals surface area contributed by atoms with Crippen LogP contribution in [0.2, 0.25) is 0 Å². The zero-order chi connectivity index (χ0) is 10.8. The van der Waals surface area contributed by atoms with Gasteiger partial charge in [-0.2, -0.15) is 0 Å². The lowest BCUT2D eigenvalue weighted by Crippen LogP contribution is -2.17. The molecule has 1 aromatic rings. The quantitative estimate of drug-likeness (QED) is 0.857. The summed E-state index contributed by atoms with van der Waals surface area (Å²) in [7, 11) is 0. The Labute approximate surface area is 95.9 Å². The summed E-state index contributed by atoms with van der Waals surface area (Å²) in [5.41, 5.74) is 7.12. The lowest BCUT2D eigenvalue weighted by molar-refractivity contribution is 0.550. The van der Waals surface area contributed by atoms with E-state index in [0.29, 0.717) is 11.8 Å². The molecule has 0 spiro atoms. The molecule has 2 rings (SSSR count). The number of aromatic nitrogens is 1. The van der Waals surface area contributed by atoms with Crippen molar-refractivity contribution < 1.29 is 0 Å². The third-order valence-corrected chi connectivity index (χ3v) is 4.14. The highest BCUT2D eigenvalue weighted by Crippen LogP contribution is 2.34. The first-order chi connectivity index (χ1) is 7.20. The molecule has 2 N–H and O–H groups in total. The van der Waals surface area contributed by atoms with Crippen molar-refractivity contribution in [1.82, 2.24) is 4.98 Å². The summed E-state index contributed by atoms with van der Waals surface area (Å²) in [6.07, 6.45) is 4.86. The second-order valence-electron chi connectivity index (χ2n) is 4.84. The fraction of sp³-hybridized carbons (Fsp3) is 0.750. The summed E-state index contributed by atoms with van der Waals surface area (Å²) in [6, 6.07) is 0. The van der Waals surface area contributed by atoms with Crippen LogP contribution in [0.15, 0.2) is 0 Å². The first-order valence-electron chi connectivity index (χ1n) is 5.89. The number of thiazole rings is 1. The zero-order valence-corrected chi connectivity index (χ0v) is 10.4. The van der Waals surface area contributed by atoms with Crippen LogP contribution >= 0.6 is 11.3 Å². The minimum atomic E-state index is 0.533. The largest absolute Gasteiger partial charge is 0.330 e. The molecule has 1 unspecified atom stereocenters. The molecule has 2 nitrogen and oxygen atoms in total. The molecular formula is C12H20N2S. The normalized spacial score (nSPS) is 20.7. The highest BCUT2D eigenvalue weighted by atomic mass is 32.1. The molecule has 15 heavy (non-hydrogen) atoms. The van der Waals surface area contributed by atoms with Crippen LogP contribution in [0.5, 0.6) is 0 Å². The van der Waals surface area contributed by atoms with Crippen LogP contribution < -0.4 is 5.73 Å². The van der Waals surface area contributed by atoms with Crippen molar-refractivity contribution in [2.24, 2.45) is 11.7 Å². The molecule has 0 bridgehead atoms. The Bertz CT molecular complexity index is 330. The standard InChI is InChI=1S/C12H20N2S/c1-8(2)6-11-14-12-9(7-13)4-3-5-10(12)15-11/h8-9H,3-7,13H2,1-2H3. The van der Waals surface area contributed by atoms with Crippen LogP contribution in [0.3, 0.4) is 0 Å². The van der Waals surface area contributed by atoms with E-state index in [1.165, 1.54) is 34.8 Å². The van der Waals surface area contributed by atoms with Crippen LogP contribution in [0.1, 0.15) is 48.2 Å². The Kier molecular flexibility index (Phi) is 3.42. The number of nitrogens with zero attached hydrogens (tertiary/aromatic N) is 1.